The van der Waals surface area contributed by atoms with Crippen LogP contribution >= 0.6 is 0 Å². The molecule has 0 saturated heterocycles. The van der Waals surface area contributed by atoms with E-state index in [9.17, 15) is 4.79 Å². The van der Waals surface area contributed by atoms with Crippen LogP contribution in [-0.2, 0) is 4.43 Å². The van der Waals surface area contributed by atoms with Gasteiger partial charge in [-0.1, -0.05) is 58.0 Å². The highest BCUT2D eigenvalue weighted by Gasteiger charge is 2.39. The zero-order valence-electron chi connectivity index (χ0n) is 16.3. The average molecular weight is 355 g/mol. The third-order valence-corrected chi connectivity index (χ3v) is 9.75. The molecule has 0 spiro atoms. The summed E-state index contributed by atoms with van der Waals surface area (Å²) in [6.45, 7) is 13.2. The highest BCUT2D eigenvalue weighted by molar-refractivity contribution is 6.74. The first-order valence-electron chi connectivity index (χ1n) is 9.11. The van der Waals surface area contributed by atoms with Crippen molar-refractivity contribution < 1.29 is 9.22 Å². The van der Waals surface area contributed by atoms with Crippen LogP contribution in [0.5, 0.6) is 0 Å². The fourth-order valence-corrected chi connectivity index (χ4v) is 3.69. The summed E-state index contributed by atoms with van der Waals surface area (Å²) in [4.78, 5) is 12.9. The Labute approximate surface area is 154 Å². The zero-order chi connectivity index (χ0) is 18.7. The van der Waals surface area contributed by atoms with Gasteiger partial charge in [0.1, 0.15) is 5.76 Å². The molecule has 0 unspecified atom stereocenters. The molecule has 0 amide bonds. The number of hydrogen-bond donors (Lipinski definition) is 0. The molecule has 0 N–H and O–H groups in total. The quantitative estimate of drug-likeness (QED) is 0.491. The summed E-state index contributed by atoms with van der Waals surface area (Å²) < 4.78 is 6.40. The Bertz CT molecular complexity index is 650. The zero-order valence-corrected chi connectivity index (χ0v) is 17.3. The lowest BCUT2D eigenvalue weighted by atomic mass is 9.82. The van der Waals surface area contributed by atoms with Gasteiger partial charge in [-0.25, -0.2) is 0 Å². The fourth-order valence-electron chi connectivity index (χ4n) is 2.71. The van der Waals surface area contributed by atoms with Crippen LogP contribution in [0.1, 0.15) is 50.9 Å². The molecule has 2 atom stereocenters. The molecule has 0 aliphatic heterocycles. The molecule has 1 aromatic carbocycles. The Morgan fingerprint density at radius 1 is 1.20 bits per heavy atom. The molecule has 25 heavy (non-hydrogen) atoms. The highest BCUT2D eigenvalue weighted by Crippen LogP contribution is 2.38. The molecular formula is C22H30O2Si. The minimum absolute atomic E-state index is 0.0463. The van der Waals surface area contributed by atoms with Crippen LogP contribution in [0.4, 0.5) is 0 Å². The van der Waals surface area contributed by atoms with Crippen molar-refractivity contribution in [1.29, 1.82) is 0 Å². The third-order valence-electron chi connectivity index (χ3n) is 5.41. The standard InChI is InChI=1S/C22H30O2Si/c1-17-16-19(24-25(5,6)22(2,3)4)14-10-11-15-20(17)21(23)18-12-8-7-9-13-18/h7-9,12-13,16-17,20H,11,15H2,1-6H3/b14-10?,19-16+/t17-,20+/m1/s1. The maximum atomic E-state index is 12.9. The summed E-state index contributed by atoms with van der Waals surface area (Å²) in [6, 6.07) is 9.58. The molecule has 0 bridgehead atoms. The van der Waals surface area contributed by atoms with Gasteiger partial charge in [0, 0.05) is 17.6 Å². The fraction of sp³-hybridized carbons (Fsp3) is 0.500. The van der Waals surface area contributed by atoms with E-state index in [4.69, 9.17) is 4.43 Å². The Kier molecular flexibility index (Phi) is 6.10. The molecule has 1 aromatic rings. The lowest BCUT2D eigenvalue weighted by Crippen LogP contribution is -2.40. The van der Waals surface area contributed by atoms with Crippen molar-refractivity contribution in [3.8, 4) is 0 Å². The predicted molar refractivity (Wildman–Crippen MR) is 106 cm³/mol. The number of carbonyl (C=O) groups is 1. The van der Waals surface area contributed by atoms with Crippen LogP contribution in [0.3, 0.4) is 0 Å². The van der Waals surface area contributed by atoms with Crippen LogP contribution in [0, 0.1) is 24.0 Å². The molecular weight excluding hydrogens is 324 g/mol. The van der Waals surface area contributed by atoms with Gasteiger partial charge in [-0.3, -0.25) is 4.79 Å². The van der Waals surface area contributed by atoms with Gasteiger partial charge in [-0.2, -0.15) is 0 Å². The first-order valence-corrected chi connectivity index (χ1v) is 12.0. The van der Waals surface area contributed by atoms with Crippen molar-refractivity contribution in [2.45, 2.75) is 58.7 Å². The molecule has 0 heterocycles. The molecule has 0 aromatic heterocycles. The van der Waals surface area contributed by atoms with Crippen LogP contribution in [0.2, 0.25) is 18.1 Å². The van der Waals surface area contributed by atoms with E-state index >= 15 is 0 Å². The predicted octanol–water partition coefficient (Wildman–Crippen LogP) is 5.98. The molecule has 2 nitrogen and oxygen atoms in total. The van der Waals surface area contributed by atoms with Crippen molar-refractivity contribution in [2.75, 3.05) is 0 Å². The van der Waals surface area contributed by atoms with Crippen molar-refractivity contribution in [1.82, 2.24) is 0 Å². The second kappa shape index (κ2) is 7.73. The van der Waals surface area contributed by atoms with Crippen molar-refractivity contribution in [2.24, 2.45) is 11.8 Å². The van der Waals surface area contributed by atoms with Gasteiger partial charge in [-0.15, -0.1) is 0 Å². The Balaban J connectivity index is 2.22. The van der Waals surface area contributed by atoms with Crippen molar-refractivity contribution in [3.05, 3.63) is 59.9 Å². The molecule has 1 aliphatic rings. The average Bonchev–Trinajstić information content (AvgIpc) is 2.51. The topological polar surface area (TPSA) is 26.3 Å². The van der Waals surface area contributed by atoms with Crippen molar-refractivity contribution in [3.63, 3.8) is 0 Å². The van der Waals surface area contributed by atoms with E-state index in [1.54, 1.807) is 0 Å². The second-order valence-electron chi connectivity index (χ2n) is 8.43. The summed E-state index contributed by atoms with van der Waals surface area (Å²) in [5.74, 6) is 1.03. The van der Waals surface area contributed by atoms with E-state index in [1.807, 2.05) is 30.3 Å². The first kappa shape index (κ1) is 19.7. The minimum atomic E-state index is -1.93. The Morgan fingerprint density at radius 3 is 2.44 bits per heavy atom. The maximum Gasteiger partial charge on any atom is 0.250 e. The van der Waals surface area contributed by atoms with E-state index in [0.29, 0.717) is 0 Å². The normalized spacial score (nSPS) is 24.0. The lowest BCUT2D eigenvalue weighted by molar-refractivity contribution is 0.0886. The van der Waals surface area contributed by atoms with Crippen LogP contribution in [-0.4, -0.2) is 14.1 Å². The Hall–Kier alpha value is -1.61. The summed E-state index contributed by atoms with van der Waals surface area (Å²) in [6.07, 6.45) is 9.98. The van der Waals surface area contributed by atoms with Gasteiger partial charge in [0.05, 0.1) is 0 Å². The summed E-state index contributed by atoms with van der Waals surface area (Å²) in [5, 5.41) is 0.125. The van der Waals surface area contributed by atoms with Crippen LogP contribution < -0.4 is 0 Å². The van der Waals surface area contributed by atoms with E-state index in [-0.39, 0.29) is 22.7 Å². The highest BCUT2D eigenvalue weighted by atomic mass is 28.4. The number of ketones is 1. The van der Waals surface area contributed by atoms with Crippen molar-refractivity contribution >= 4 is 14.1 Å². The number of carbonyl (C=O) groups excluding carboxylic acids is 1. The van der Waals surface area contributed by atoms with E-state index < -0.39 is 8.32 Å². The smallest absolute Gasteiger partial charge is 0.250 e. The first-order chi connectivity index (χ1) is 11.6. The van der Waals surface area contributed by atoms with Crippen LogP contribution in [0.15, 0.2) is 42.2 Å². The molecule has 3 heteroatoms. The van der Waals surface area contributed by atoms with E-state index in [1.165, 1.54) is 0 Å². The van der Waals surface area contributed by atoms with Gasteiger partial charge < -0.3 is 4.43 Å². The Morgan fingerprint density at radius 2 is 1.84 bits per heavy atom. The molecule has 1 aliphatic carbocycles. The largest absolute Gasteiger partial charge is 0.543 e. The monoisotopic (exact) mass is 354 g/mol. The summed E-state index contributed by atoms with van der Waals surface area (Å²) in [5.41, 5.74) is 0.785. The maximum absolute atomic E-state index is 12.9. The SMILES string of the molecule is C[C@@H]1/C=C(/O[Si](C)(C)C(C)(C)C)[C]=[C]CC[C@@H]1C(=O)c1ccccc1. The number of benzene rings is 1. The summed E-state index contributed by atoms with van der Waals surface area (Å²) in [7, 11) is -1.93. The van der Waals surface area contributed by atoms with Gasteiger partial charge in [0.15, 0.2) is 5.78 Å². The number of allylic oxidation sites excluding steroid dienone is 3. The van der Waals surface area contributed by atoms with Gasteiger partial charge in [0.2, 0.25) is 8.32 Å². The summed E-state index contributed by atoms with van der Waals surface area (Å²) >= 11 is 0. The molecule has 2 rings (SSSR count). The molecule has 0 saturated carbocycles. The number of hydrogen-bond acceptors (Lipinski definition) is 2. The van der Waals surface area contributed by atoms with E-state index in [2.05, 4.69) is 59.0 Å². The second-order valence-corrected chi connectivity index (χ2v) is 13.2. The molecule has 134 valence electrons. The van der Waals surface area contributed by atoms with Gasteiger partial charge >= 0.3 is 0 Å². The van der Waals surface area contributed by atoms with Crippen LogP contribution in [0.25, 0.3) is 0 Å². The van der Waals surface area contributed by atoms with Gasteiger partial charge in [-0.05, 0) is 49.0 Å². The van der Waals surface area contributed by atoms with Gasteiger partial charge in [0.25, 0.3) is 0 Å². The number of Topliss-reactive ketones (excluding diaryl/α,β-unsaturated/α-hetero) is 1. The molecule has 2 radical (unpaired) electrons. The molecule has 0 fully saturated rings. The third kappa shape index (κ3) is 4.94. The minimum Gasteiger partial charge on any atom is -0.543 e. The lowest BCUT2D eigenvalue weighted by Gasteiger charge is -2.37. The van der Waals surface area contributed by atoms with E-state index in [0.717, 1.165) is 24.2 Å². The number of rotatable bonds is 4.